The average molecular weight is 332 g/mol. The van der Waals surface area contributed by atoms with Crippen LogP contribution in [0.4, 0.5) is 5.69 Å². The van der Waals surface area contributed by atoms with E-state index in [2.05, 4.69) is 62.9 Å². The minimum atomic E-state index is 0.780. The molecule has 0 amide bonds. The van der Waals surface area contributed by atoms with Crippen molar-refractivity contribution in [2.75, 3.05) is 18.0 Å². The van der Waals surface area contributed by atoms with Gasteiger partial charge in [-0.3, -0.25) is 0 Å². The monoisotopic (exact) mass is 331 g/mol. The first-order valence-electron chi connectivity index (χ1n) is 10.5. The Morgan fingerprint density at radius 3 is 2.21 bits per heavy atom. The number of hydrogen-bond acceptors (Lipinski definition) is 1. The quantitative estimate of drug-likeness (QED) is 0.323. The molecule has 0 fully saturated rings. The average Bonchev–Trinajstić information content (AvgIpc) is 2.62. The molecule has 0 heterocycles. The Hall–Kier alpha value is -0.980. The Morgan fingerprint density at radius 2 is 1.58 bits per heavy atom. The molecule has 0 bridgehead atoms. The fraction of sp³-hybridized carbons (Fsp3) is 0.739. The number of nitrogens with zero attached hydrogens (tertiary/aromatic N) is 1. The van der Waals surface area contributed by atoms with E-state index in [0.29, 0.717) is 0 Å². The van der Waals surface area contributed by atoms with Gasteiger partial charge in [-0.15, -0.1) is 0 Å². The van der Waals surface area contributed by atoms with E-state index >= 15 is 0 Å². The molecule has 138 valence electrons. The van der Waals surface area contributed by atoms with Crippen LogP contribution < -0.4 is 4.90 Å². The van der Waals surface area contributed by atoms with E-state index in [1.165, 1.54) is 76.6 Å². The van der Waals surface area contributed by atoms with Crippen molar-refractivity contribution in [3.05, 3.63) is 30.3 Å². The number of rotatable bonds is 14. The first kappa shape index (κ1) is 21.1. The van der Waals surface area contributed by atoms with Gasteiger partial charge in [0.2, 0.25) is 0 Å². The summed E-state index contributed by atoms with van der Waals surface area (Å²) in [6.45, 7) is 11.8. The van der Waals surface area contributed by atoms with E-state index in [0.717, 1.165) is 11.8 Å². The molecule has 1 nitrogen and oxygen atoms in total. The number of unbranched alkanes of at least 4 members (excludes halogenated alkanes) is 3. The van der Waals surface area contributed by atoms with E-state index in [1.807, 2.05) is 0 Å². The largest absolute Gasteiger partial charge is 0.371 e. The number of hydrogen-bond donors (Lipinski definition) is 0. The van der Waals surface area contributed by atoms with Crippen LogP contribution in [0.15, 0.2) is 30.3 Å². The second kappa shape index (κ2) is 13.3. The zero-order chi connectivity index (χ0) is 17.6. The molecular formula is C23H41N. The predicted molar refractivity (Wildman–Crippen MR) is 110 cm³/mol. The van der Waals surface area contributed by atoms with Gasteiger partial charge in [-0.05, 0) is 36.8 Å². The second-order valence-corrected chi connectivity index (χ2v) is 7.59. The lowest BCUT2D eigenvalue weighted by Crippen LogP contribution is -2.29. The first-order chi connectivity index (χ1) is 11.7. The standard InChI is InChI=1S/C23H41N/c1-5-8-9-13-19-24(23-15-11-10-12-16-23)20-21(4)17-18-22(7-3)14-6-2/h10-12,15-16,21-22H,5-9,13-14,17-20H2,1-4H3. The van der Waals surface area contributed by atoms with Crippen LogP contribution in [0, 0.1) is 11.8 Å². The highest BCUT2D eigenvalue weighted by Gasteiger charge is 2.13. The molecule has 0 saturated carbocycles. The van der Waals surface area contributed by atoms with Crippen LogP contribution in [-0.2, 0) is 0 Å². The van der Waals surface area contributed by atoms with E-state index in [4.69, 9.17) is 0 Å². The van der Waals surface area contributed by atoms with Crippen molar-refractivity contribution in [1.82, 2.24) is 0 Å². The highest BCUT2D eigenvalue weighted by atomic mass is 15.1. The number of benzene rings is 1. The predicted octanol–water partition coefficient (Wildman–Crippen LogP) is 7.32. The third-order valence-electron chi connectivity index (χ3n) is 5.28. The Balaban J connectivity index is 2.50. The van der Waals surface area contributed by atoms with Crippen LogP contribution in [-0.4, -0.2) is 13.1 Å². The van der Waals surface area contributed by atoms with Crippen molar-refractivity contribution in [1.29, 1.82) is 0 Å². The lowest BCUT2D eigenvalue weighted by atomic mass is 9.91. The fourth-order valence-electron chi connectivity index (χ4n) is 3.64. The lowest BCUT2D eigenvalue weighted by molar-refractivity contribution is 0.376. The zero-order valence-corrected chi connectivity index (χ0v) is 16.8. The fourth-order valence-corrected chi connectivity index (χ4v) is 3.64. The minimum Gasteiger partial charge on any atom is -0.371 e. The molecule has 0 aromatic heterocycles. The maximum atomic E-state index is 2.63. The molecule has 1 aromatic carbocycles. The van der Waals surface area contributed by atoms with Gasteiger partial charge in [-0.25, -0.2) is 0 Å². The van der Waals surface area contributed by atoms with Crippen LogP contribution in [0.25, 0.3) is 0 Å². The summed E-state index contributed by atoms with van der Waals surface area (Å²) >= 11 is 0. The molecule has 1 heteroatoms. The lowest BCUT2D eigenvalue weighted by Gasteiger charge is -2.29. The Labute approximate surface area is 151 Å². The molecule has 0 N–H and O–H groups in total. The van der Waals surface area contributed by atoms with Crippen LogP contribution in [0.1, 0.15) is 85.5 Å². The van der Waals surface area contributed by atoms with Crippen LogP contribution in [0.5, 0.6) is 0 Å². The minimum absolute atomic E-state index is 0.780. The van der Waals surface area contributed by atoms with Crippen molar-refractivity contribution in [2.24, 2.45) is 11.8 Å². The van der Waals surface area contributed by atoms with Crippen molar-refractivity contribution in [2.45, 2.75) is 85.5 Å². The summed E-state index contributed by atoms with van der Waals surface area (Å²) in [7, 11) is 0. The topological polar surface area (TPSA) is 3.24 Å². The molecule has 1 rings (SSSR count). The van der Waals surface area contributed by atoms with Gasteiger partial charge in [0.1, 0.15) is 0 Å². The molecule has 24 heavy (non-hydrogen) atoms. The zero-order valence-electron chi connectivity index (χ0n) is 16.8. The molecule has 2 atom stereocenters. The molecule has 0 saturated heterocycles. The summed E-state index contributed by atoms with van der Waals surface area (Å²) in [6, 6.07) is 11.0. The molecule has 2 unspecified atom stereocenters. The van der Waals surface area contributed by atoms with Crippen LogP contribution >= 0.6 is 0 Å². The van der Waals surface area contributed by atoms with Gasteiger partial charge in [0.05, 0.1) is 0 Å². The molecule has 1 aromatic rings. The van der Waals surface area contributed by atoms with Crippen LogP contribution in [0.2, 0.25) is 0 Å². The normalized spacial score (nSPS) is 13.7. The highest BCUT2D eigenvalue weighted by Crippen LogP contribution is 2.23. The van der Waals surface area contributed by atoms with Gasteiger partial charge in [0, 0.05) is 18.8 Å². The Bertz CT molecular complexity index is 386. The summed E-state index contributed by atoms with van der Waals surface area (Å²) in [5.41, 5.74) is 1.40. The first-order valence-corrected chi connectivity index (χ1v) is 10.5. The Morgan fingerprint density at radius 1 is 0.833 bits per heavy atom. The Kier molecular flexibility index (Phi) is 11.7. The summed E-state index contributed by atoms with van der Waals surface area (Å²) in [5.74, 6) is 1.72. The third kappa shape index (κ3) is 8.76. The van der Waals surface area contributed by atoms with Gasteiger partial charge in [0.25, 0.3) is 0 Å². The van der Waals surface area contributed by atoms with Gasteiger partial charge in [-0.1, -0.05) is 90.8 Å². The van der Waals surface area contributed by atoms with Crippen molar-refractivity contribution < 1.29 is 0 Å². The highest BCUT2D eigenvalue weighted by molar-refractivity contribution is 5.45. The van der Waals surface area contributed by atoms with Crippen molar-refractivity contribution >= 4 is 5.69 Å². The van der Waals surface area contributed by atoms with E-state index in [1.54, 1.807) is 0 Å². The summed E-state index contributed by atoms with van der Waals surface area (Å²) in [5, 5.41) is 0. The molecule has 0 aliphatic heterocycles. The van der Waals surface area contributed by atoms with E-state index in [9.17, 15) is 0 Å². The van der Waals surface area contributed by atoms with Gasteiger partial charge < -0.3 is 4.90 Å². The summed E-state index contributed by atoms with van der Waals surface area (Å²) in [4.78, 5) is 2.63. The second-order valence-electron chi connectivity index (χ2n) is 7.59. The van der Waals surface area contributed by atoms with Gasteiger partial charge in [-0.2, -0.15) is 0 Å². The number of anilines is 1. The molecular weight excluding hydrogens is 290 g/mol. The molecule has 0 aliphatic rings. The van der Waals surface area contributed by atoms with Gasteiger partial charge >= 0.3 is 0 Å². The van der Waals surface area contributed by atoms with Crippen LogP contribution in [0.3, 0.4) is 0 Å². The maximum absolute atomic E-state index is 2.63. The van der Waals surface area contributed by atoms with Crippen molar-refractivity contribution in [3.63, 3.8) is 0 Å². The molecule has 0 aliphatic carbocycles. The third-order valence-corrected chi connectivity index (χ3v) is 5.28. The molecule has 0 spiro atoms. The van der Waals surface area contributed by atoms with E-state index in [-0.39, 0.29) is 0 Å². The van der Waals surface area contributed by atoms with Gasteiger partial charge in [0.15, 0.2) is 0 Å². The smallest absolute Gasteiger partial charge is 0.0366 e. The SMILES string of the molecule is CCCCCCN(CC(C)CCC(CC)CCC)c1ccccc1. The summed E-state index contributed by atoms with van der Waals surface area (Å²) < 4.78 is 0. The van der Waals surface area contributed by atoms with E-state index < -0.39 is 0 Å². The summed E-state index contributed by atoms with van der Waals surface area (Å²) in [6.07, 6.45) is 12.2. The maximum Gasteiger partial charge on any atom is 0.0366 e. The molecule has 0 radical (unpaired) electrons. The number of para-hydroxylation sites is 1. The van der Waals surface area contributed by atoms with Crippen molar-refractivity contribution in [3.8, 4) is 0 Å².